The van der Waals surface area contributed by atoms with Gasteiger partial charge in [-0.3, -0.25) is 4.79 Å². The van der Waals surface area contributed by atoms with Crippen molar-refractivity contribution in [1.29, 1.82) is 0 Å². The summed E-state index contributed by atoms with van der Waals surface area (Å²) in [4.78, 5) is 12.1. The molecule has 0 saturated carbocycles. The van der Waals surface area contributed by atoms with E-state index in [2.05, 4.69) is 5.32 Å². The van der Waals surface area contributed by atoms with Gasteiger partial charge in [-0.1, -0.05) is 53.0 Å². The quantitative estimate of drug-likeness (QED) is 0.826. The topological polar surface area (TPSA) is 29.1 Å². The molecule has 0 aliphatic heterocycles. The molecule has 2 aromatic carbocycles. The number of carbonyl (C=O) groups excluding carboxylic acids is 1. The molecule has 110 valence electrons. The molecule has 21 heavy (non-hydrogen) atoms. The molecule has 0 unspecified atom stereocenters. The predicted octanol–water partition coefficient (Wildman–Crippen LogP) is 5.07. The van der Waals surface area contributed by atoms with Crippen LogP contribution in [0.3, 0.4) is 0 Å². The number of amides is 1. The van der Waals surface area contributed by atoms with E-state index in [0.29, 0.717) is 20.6 Å². The fourth-order valence-electron chi connectivity index (χ4n) is 1.99. The maximum atomic E-state index is 12.1. The van der Waals surface area contributed by atoms with Gasteiger partial charge >= 0.3 is 0 Å². The zero-order valence-electron chi connectivity index (χ0n) is 11.4. The number of halogens is 3. The molecule has 0 aliphatic carbocycles. The predicted molar refractivity (Wildman–Crippen MR) is 88.2 cm³/mol. The highest BCUT2D eigenvalue weighted by Crippen LogP contribution is 2.25. The number of nitrogens with one attached hydrogen (secondary N) is 1. The monoisotopic (exact) mass is 341 g/mol. The third-order valence-electron chi connectivity index (χ3n) is 3.15. The second-order valence-electron chi connectivity index (χ2n) is 4.72. The first-order valence-corrected chi connectivity index (χ1v) is 7.58. The van der Waals surface area contributed by atoms with Crippen LogP contribution in [0.4, 0.5) is 0 Å². The number of rotatable bonds is 4. The van der Waals surface area contributed by atoms with E-state index in [1.165, 1.54) is 0 Å². The molecule has 2 nitrogen and oxygen atoms in total. The summed E-state index contributed by atoms with van der Waals surface area (Å²) < 4.78 is 0. The maximum absolute atomic E-state index is 12.1. The molecule has 1 atom stereocenters. The third kappa shape index (κ3) is 4.37. The molecule has 2 rings (SSSR count). The lowest BCUT2D eigenvalue weighted by molar-refractivity contribution is -0.121. The smallest absolute Gasteiger partial charge is 0.225 e. The van der Waals surface area contributed by atoms with Crippen molar-refractivity contribution >= 4 is 40.7 Å². The molecule has 0 aromatic heterocycles. The molecule has 2 aromatic rings. The van der Waals surface area contributed by atoms with E-state index in [4.69, 9.17) is 34.8 Å². The molecule has 0 spiro atoms. The Morgan fingerprint density at radius 1 is 1.05 bits per heavy atom. The van der Waals surface area contributed by atoms with E-state index in [1.807, 2.05) is 19.1 Å². The van der Waals surface area contributed by atoms with Crippen molar-refractivity contribution in [2.45, 2.75) is 19.4 Å². The van der Waals surface area contributed by atoms with E-state index >= 15 is 0 Å². The summed E-state index contributed by atoms with van der Waals surface area (Å²) in [6.07, 6.45) is 0.149. The van der Waals surface area contributed by atoms with Gasteiger partial charge in [-0.25, -0.2) is 0 Å². The standard InChI is InChI=1S/C16H14Cl3NO/c1-10(11-5-7-12(17)8-6-11)20-16(21)9-13-14(18)3-2-4-15(13)19/h2-8,10H,9H2,1H3,(H,20,21)/t10-/m0/s1. The van der Waals surface area contributed by atoms with Crippen LogP contribution in [-0.2, 0) is 11.2 Å². The summed E-state index contributed by atoms with van der Waals surface area (Å²) in [5.74, 6) is -0.132. The van der Waals surface area contributed by atoms with Gasteiger partial charge in [0.05, 0.1) is 12.5 Å². The molecular formula is C16H14Cl3NO. The van der Waals surface area contributed by atoms with Crippen LogP contribution in [-0.4, -0.2) is 5.91 Å². The van der Waals surface area contributed by atoms with Gasteiger partial charge in [0.2, 0.25) is 5.91 Å². The minimum atomic E-state index is -0.132. The van der Waals surface area contributed by atoms with Crippen LogP contribution < -0.4 is 5.32 Å². The van der Waals surface area contributed by atoms with E-state index < -0.39 is 0 Å². The van der Waals surface area contributed by atoms with Gasteiger partial charge in [-0.05, 0) is 42.3 Å². The van der Waals surface area contributed by atoms with Crippen molar-refractivity contribution < 1.29 is 4.79 Å². The Morgan fingerprint density at radius 2 is 1.62 bits per heavy atom. The molecular weight excluding hydrogens is 329 g/mol. The first kappa shape index (κ1) is 16.2. The third-order valence-corrected chi connectivity index (χ3v) is 4.11. The van der Waals surface area contributed by atoms with Crippen molar-refractivity contribution in [3.8, 4) is 0 Å². The first-order valence-electron chi connectivity index (χ1n) is 6.45. The van der Waals surface area contributed by atoms with E-state index in [1.54, 1.807) is 30.3 Å². The van der Waals surface area contributed by atoms with Crippen LogP contribution in [0.2, 0.25) is 15.1 Å². The van der Waals surface area contributed by atoms with Crippen LogP contribution in [0, 0.1) is 0 Å². The average molecular weight is 343 g/mol. The molecule has 0 fully saturated rings. The van der Waals surface area contributed by atoms with Gasteiger partial charge in [0.15, 0.2) is 0 Å². The lowest BCUT2D eigenvalue weighted by Gasteiger charge is -2.15. The zero-order chi connectivity index (χ0) is 15.4. The van der Waals surface area contributed by atoms with Crippen molar-refractivity contribution in [3.63, 3.8) is 0 Å². The molecule has 5 heteroatoms. The minimum Gasteiger partial charge on any atom is -0.349 e. The Kier molecular flexibility index (Phi) is 5.51. The van der Waals surface area contributed by atoms with Crippen molar-refractivity contribution in [1.82, 2.24) is 5.32 Å². The summed E-state index contributed by atoms with van der Waals surface area (Å²) >= 11 is 18.0. The molecule has 0 heterocycles. The van der Waals surface area contributed by atoms with Gasteiger partial charge < -0.3 is 5.32 Å². The van der Waals surface area contributed by atoms with Crippen LogP contribution in [0.25, 0.3) is 0 Å². The van der Waals surface area contributed by atoms with Crippen molar-refractivity contribution in [2.24, 2.45) is 0 Å². The summed E-state index contributed by atoms with van der Waals surface area (Å²) in [5.41, 5.74) is 1.62. The Bertz CT molecular complexity index is 620. The Hall–Kier alpha value is -1.22. The molecule has 0 radical (unpaired) electrons. The first-order chi connectivity index (χ1) is 9.97. The second-order valence-corrected chi connectivity index (χ2v) is 5.97. The molecule has 0 saturated heterocycles. The van der Waals surface area contributed by atoms with E-state index in [0.717, 1.165) is 5.56 Å². The lowest BCUT2D eigenvalue weighted by Crippen LogP contribution is -2.28. The average Bonchev–Trinajstić information content (AvgIpc) is 2.43. The van der Waals surface area contributed by atoms with Gasteiger partial charge in [-0.2, -0.15) is 0 Å². The van der Waals surface area contributed by atoms with Crippen LogP contribution in [0.15, 0.2) is 42.5 Å². The normalized spacial score (nSPS) is 12.0. The molecule has 1 N–H and O–H groups in total. The molecule has 0 aliphatic rings. The highest BCUT2D eigenvalue weighted by molar-refractivity contribution is 6.36. The molecule has 0 bridgehead atoms. The highest BCUT2D eigenvalue weighted by atomic mass is 35.5. The van der Waals surface area contributed by atoms with Crippen LogP contribution in [0.5, 0.6) is 0 Å². The van der Waals surface area contributed by atoms with Gasteiger partial charge in [0, 0.05) is 15.1 Å². The Balaban J connectivity index is 2.03. The maximum Gasteiger partial charge on any atom is 0.225 e. The van der Waals surface area contributed by atoms with Crippen LogP contribution >= 0.6 is 34.8 Å². The number of benzene rings is 2. The SMILES string of the molecule is C[C@H](NC(=O)Cc1c(Cl)cccc1Cl)c1ccc(Cl)cc1. The zero-order valence-corrected chi connectivity index (χ0v) is 13.6. The highest BCUT2D eigenvalue weighted by Gasteiger charge is 2.13. The summed E-state index contributed by atoms with van der Waals surface area (Å²) in [6, 6.07) is 12.4. The fraction of sp³-hybridized carbons (Fsp3) is 0.188. The Morgan fingerprint density at radius 3 is 2.19 bits per heavy atom. The lowest BCUT2D eigenvalue weighted by atomic mass is 10.1. The largest absolute Gasteiger partial charge is 0.349 e. The number of carbonyl (C=O) groups is 1. The minimum absolute atomic E-state index is 0.115. The summed E-state index contributed by atoms with van der Waals surface area (Å²) in [5, 5.41) is 4.58. The van der Waals surface area contributed by atoms with Crippen LogP contribution in [0.1, 0.15) is 24.1 Å². The van der Waals surface area contributed by atoms with E-state index in [9.17, 15) is 4.79 Å². The Labute approximate surface area is 139 Å². The number of hydrogen-bond donors (Lipinski definition) is 1. The number of hydrogen-bond acceptors (Lipinski definition) is 1. The second kappa shape index (κ2) is 7.17. The fourth-order valence-corrected chi connectivity index (χ4v) is 2.65. The van der Waals surface area contributed by atoms with Gasteiger partial charge in [0.1, 0.15) is 0 Å². The van der Waals surface area contributed by atoms with E-state index in [-0.39, 0.29) is 18.4 Å². The van der Waals surface area contributed by atoms with Crippen molar-refractivity contribution in [2.75, 3.05) is 0 Å². The van der Waals surface area contributed by atoms with Crippen molar-refractivity contribution in [3.05, 3.63) is 68.7 Å². The molecule has 1 amide bonds. The summed E-state index contributed by atoms with van der Waals surface area (Å²) in [6.45, 7) is 1.91. The van der Waals surface area contributed by atoms with Gasteiger partial charge in [-0.15, -0.1) is 0 Å². The summed E-state index contributed by atoms with van der Waals surface area (Å²) in [7, 11) is 0. The van der Waals surface area contributed by atoms with Gasteiger partial charge in [0.25, 0.3) is 0 Å².